The molecule has 1 aromatic rings. The Morgan fingerprint density at radius 3 is 2.50 bits per heavy atom. The highest BCUT2D eigenvalue weighted by molar-refractivity contribution is 5.87. The molecule has 1 rings (SSSR count). The predicted octanol–water partition coefficient (Wildman–Crippen LogP) is 2.09. The number of carbonyl (C=O) groups excluding carboxylic acids is 1. The van der Waals surface area contributed by atoms with E-state index < -0.39 is 16.6 Å². The van der Waals surface area contributed by atoms with Gasteiger partial charge in [0.25, 0.3) is 0 Å². The fourth-order valence-corrected chi connectivity index (χ4v) is 1.44. The van der Waals surface area contributed by atoms with Crippen LogP contribution in [0.4, 0.5) is 5.69 Å². The van der Waals surface area contributed by atoms with E-state index in [1.165, 1.54) is 6.92 Å². The van der Waals surface area contributed by atoms with E-state index in [0.717, 1.165) is 12.7 Å². The van der Waals surface area contributed by atoms with Crippen LogP contribution in [0.2, 0.25) is 0 Å². The number of benzene rings is 1. The van der Waals surface area contributed by atoms with Crippen LogP contribution in [0.15, 0.2) is 35.7 Å². The lowest BCUT2D eigenvalue weighted by atomic mass is 10.2. The van der Waals surface area contributed by atoms with Crippen molar-refractivity contribution in [2.24, 2.45) is 0 Å². The smallest absolute Gasteiger partial charge is 0.411 e. The van der Waals surface area contributed by atoms with Crippen LogP contribution in [0, 0.1) is 17.0 Å². The molecule has 1 aromatic carbocycles. The maximum atomic E-state index is 11.3. The number of carbonyl (C=O) groups is 1. The number of anilines is 1. The summed E-state index contributed by atoms with van der Waals surface area (Å²) >= 11 is 0. The average molecular weight is 250 g/mol. The summed E-state index contributed by atoms with van der Waals surface area (Å²) in [6.45, 7) is 3.32. The molecule has 0 aliphatic rings. The van der Waals surface area contributed by atoms with Crippen LogP contribution in [0.1, 0.15) is 12.5 Å². The Balaban J connectivity index is 3.10. The van der Waals surface area contributed by atoms with Crippen molar-refractivity contribution in [2.45, 2.75) is 13.8 Å². The molecule has 0 spiro atoms. The van der Waals surface area contributed by atoms with Gasteiger partial charge in [-0.3, -0.25) is 10.1 Å². The number of para-hydroxylation sites is 1. The van der Waals surface area contributed by atoms with Gasteiger partial charge in [-0.2, -0.15) is 0 Å². The highest BCUT2D eigenvalue weighted by atomic mass is 16.6. The second kappa shape index (κ2) is 5.81. The molecule has 0 heterocycles. The number of nitrogens with one attached hydrogen (secondary N) is 1. The lowest BCUT2D eigenvalue weighted by Crippen LogP contribution is -2.18. The van der Waals surface area contributed by atoms with Gasteiger partial charge in [0, 0.05) is 5.69 Å². The van der Waals surface area contributed by atoms with Gasteiger partial charge in [0.2, 0.25) is 0 Å². The monoisotopic (exact) mass is 250 g/mol. The number of aryl methyl sites for hydroxylation is 1. The molecule has 0 radical (unpaired) electrons. The molecule has 0 saturated carbocycles. The maximum Gasteiger partial charge on any atom is 0.411 e. The molecule has 96 valence electrons. The van der Waals surface area contributed by atoms with Crippen molar-refractivity contribution in [3.05, 3.63) is 51.3 Å². The number of hydrogen-bond acceptors (Lipinski definition) is 5. The van der Waals surface area contributed by atoms with Gasteiger partial charge in [-0.15, -0.1) is 0 Å². The molecule has 18 heavy (non-hydrogen) atoms. The molecule has 0 aliphatic carbocycles. The highest BCUT2D eigenvalue weighted by Gasteiger charge is 2.26. The summed E-state index contributed by atoms with van der Waals surface area (Å²) in [7, 11) is 1.10. The topological polar surface area (TPSA) is 81.5 Å². The van der Waals surface area contributed by atoms with Crippen molar-refractivity contribution in [1.29, 1.82) is 0 Å². The number of ether oxygens (including phenoxy) is 1. The Hall–Kier alpha value is -2.37. The zero-order valence-electron chi connectivity index (χ0n) is 10.4. The molecule has 6 heteroatoms. The number of methoxy groups -OCH3 is 1. The van der Waals surface area contributed by atoms with E-state index in [9.17, 15) is 14.9 Å². The van der Waals surface area contributed by atoms with Gasteiger partial charge in [-0.25, -0.2) is 4.79 Å². The largest absolute Gasteiger partial charge is 0.461 e. The first-order chi connectivity index (χ1) is 8.47. The summed E-state index contributed by atoms with van der Waals surface area (Å²) in [5, 5.41) is 13.7. The van der Waals surface area contributed by atoms with Crippen molar-refractivity contribution >= 4 is 11.7 Å². The van der Waals surface area contributed by atoms with Gasteiger partial charge >= 0.3 is 11.7 Å². The number of hydrogen-bond donors (Lipinski definition) is 1. The molecular formula is C12H14N2O4. The van der Waals surface area contributed by atoms with Gasteiger partial charge in [0.05, 0.1) is 17.7 Å². The summed E-state index contributed by atoms with van der Waals surface area (Å²) in [6, 6.07) is 7.29. The van der Waals surface area contributed by atoms with Crippen molar-refractivity contribution in [2.75, 3.05) is 12.4 Å². The minimum absolute atomic E-state index is 0.140. The molecule has 0 saturated heterocycles. The van der Waals surface area contributed by atoms with Gasteiger partial charge in [-0.05, 0) is 25.5 Å². The Morgan fingerprint density at radius 1 is 1.39 bits per heavy atom. The fraction of sp³-hybridized carbons (Fsp3) is 0.250. The molecule has 0 amide bonds. The van der Waals surface area contributed by atoms with E-state index in [2.05, 4.69) is 10.1 Å². The normalized spacial score (nSPS) is 11.5. The van der Waals surface area contributed by atoms with Crippen molar-refractivity contribution < 1.29 is 14.5 Å². The third-order valence-corrected chi connectivity index (χ3v) is 2.38. The quantitative estimate of drug-likeness (QED) is 0.383. The third-order valence-electron chi connectivity index (χ3n) is 2.38. The van der Waals surface area contributed by atoms with Gasteiger partial charge in [-0.1, -0.05) is 18.2 Å². The second-order valence-electron chi connectivity index (χ2n) is 3.66. The Bertz CT molecular complexity index is 509. The van der Waals surface area contributed by atoms with Crippen LogP contribution in [0.25, 0.3) is 0 Å². The number of nitrogens with zero attached hydrogens (tertiary/aromatic N) is 1. The number of nitro groups is 1. The SMILES string of the molecule is COC(=O)/C(=C(\C)Nc1ccccc1C)[N+](=O)[O-]. The van der Waals surface area contributed by atoms with Crippen LogP contribution >= 0.6 is 0 Å². The van der Waals surface area contributed by atoms with Crippen LogP contribution < -0.4 is 5.32 Å². The first kappa shape index (κ1) is 13.7. The van der Waals surface area contributed by atoms with E-state index >= 15 is 0 Å². The molecule has 0 fully saturated rings. The van der Waals surface area contributed by atoms with E-state index in [0.29, 0.717) is 5.69 Å². The lowest BCUT2D eigenvalue weighted by molar-refractivity contribution is -0.422. The van der Waals surface area contributed by atoms with E-state index in [1.54, 1.807) is 12.1 Å². The van der Waals surface area contributed by atoms with Crippen LogP contribution in [-0.4, -0.2) is 18.0 Å². The molecule has 1 N–H and O–H groups in total. The Kier molecular flexibility index (Phi) is 4.42. The van der Waals surface area contributed by atoms with Gasteiger partial charge in [0.15, 0.2) is 0 Å². The third kappa shape index (κ3) is 3.07. The molecule has 0 atom stereocenters. The molecular weight excluding hydrogens is 236 g/mol. The first-order valence-electron chi connectivity index (χ1n) is 5.23. The minimum atomic E-state index is -0.974. The Morgan fingerprint density at radius 2 is 2.00 bits per heavy atom. The first-order valence-corrected chi connectivity index (χ1v) is 5.23. The highest BCUT2D eigenvalue weighted by Crippen LogP contribution is 2.17. The van der Waals surface area contributed by atoms with Crippen LogP contribution in [-0.2, 0) is 9.53 Å². The molecule has 0 aromatic heterocycles. The molecule has 0 bridgehead atoms. The average Bonchev–Trinajstić information content (AvgIpc) is 2.31. The van der Waals surface area contributed by atoms with Gasteiger partial charge in [0.1, 0.15) is 0 Å². The number of allylic oxidation sites excluding steroid dienone is 1. The molecule has 0 aliphatic heterocycles. The van der Waals surface area contributed by atoms with E-state index in [-0.39, 0.29) is 5.70 Å². The molecule has 0 unspecified atom stereocenters. The van der Waals surface area contributed by atoms with E-state index in [4.69, 9.17) is 0 Å². The molecule has 6 nitrogen and oxygen atoms in total. The standard InChI is InChI=1S/C12H14N2O4/c1-8-6-4-5-7-10(8)13-9(2)11(14(16)17)12(15)18-3/h4-7,13H,1-3H3/b11-9-. The maximum absolute atomic E-state index is 11.3. The zero-order valence-corrected chi connectivity index (χ0v) is 10.4. The van der Waals surface area contributed by atoms with Crippen molar-refractivity contribution in [3.63, 3.8) is 0 Å². The fourth-order valence-electron chi connectivity index (χ4n) is 1.44. The van der Waals surface area contributed by atoms with Crippen molar-refractivity contribution in [3.8, 4) is 0 Å². The Labute approximate surface area is 104 Å². The summed E-state index contributed by atoms with van der Waals surface area (Å²) < 4.78 is 4.38. The zero-order chi connectivity index (χ0) is 13.7. The van der Waals surface area contributed by atoms with E-state index in [1.807, 2.05) is 19.1 Å². The second-order valence-corrected chi connectivity index (χ2v) is 3.66. The summed E-state index contributed by atoms with van der Waals surface area (Å²) in [6.07, 6.45) is 0. The predicted molar refractivity (Wildman–Crippen MR) is 66.5 cm³/mol. The van der Waals surface area contributed by atoms with Gasteiger partial charge < -0.3 is 10.1 Å². The number of esters is 1. The number of rotatable bonds is 4. The van der Waals surface area contributed by atoms with Crippen LogP contribution in [0.3, 0.4) is 0 Å². The summed E-state index contributed by atoms with van der Waals surface area (Å²) in [4.78, 5) is 21.4. The summed E-state index contributed by atoms with van der Waals surface area (Å²) in [5.74, 6) is -0.974. The summed E-state index contributed by atoms with van der Waals surface area (Å²) in [5.41, 5.74) is 1.17. The lowest BCUT2D eigenvalue weighted by Gasteiger charge is -2.09. The van der Waals surface area contributed by atoms with Crippen molar-refractivity contribution in [1.82, 2.24) is 0 Å². The van der Waals surface area contributed by atoms with Crippen LogP contribution in [0.5, 0.6) is 0 Å². The minimum Gasteiger partial charge on any atom is -0.461 e.